The number of carbonyl (C=O) groups excluding carboxylic acids is 1. The summed E-state index contributed by atoms with van der Waals surface area (Å²) in [5.74, 6) is 1.67. The number of amidine groups is 1. The van der Waals surface area contributed by atoms with Crippen LogP contribution in [0.4, 0.5) is 0 Å². The van der Waals surface area contributed by atoms with Crippen LogP contribution in [0.2, 0.25) is 0 Å². The zero-order valence-corrected chi connectivity index (χ0v) is 14.6. The normalized spacial score (nSPS) is 30.5. The molecule has 1 aliphatic carbocycles. The van der Waals surface area contributed by atoms with Gasteiger partial charge in [0.15, 0.2) is 0 Å². The molecule has 1 saturated heterocycles. The third-order valence-corrected chi connectivity index (χ3v) is 6.12. The third kappa shape index (κ3) is 2.46. The zero-order chi connectivity index (χ0) is 17.6. The molecule has 132 valence electrons. The van der Waals surface area contributed by atoms with Crippen molar-refractivity contribution >= 4 is 11.7 Å². The minimum Gasteiger partial charge on any atom is -0.308 e. The lowest BCUT2D eigenvalue weighted by Gasteiger charge is -2.25. The number of carbonyl (C=O) groups is 1. The molecule has 1 aromatic carbocycles. The number of rotatable bonds is 3. The maximum Gasteiger partial charge on any atom is 0.253 e. The molecule has 1 N–H and O–H groups in total. The van der Waals surface area contributed by atoms with Crippen molar-refractivity contribution in [1.29, 1.82) is 0 Å². The summed E-state index contributed by atoms with van der Waals surface area (Å²) in [6.45, 7) is 2.80. The number of nitrogens with one attached hydrogen (secondary N) is 1. The number of amides is 1. The first kappa shape index (κ1) is 15.7. The van der Waals surface area contributed by atoms with E-state index in [1.54, 1.807) is 0 Å². The van der Waals surface area contributed by atoms with Crippen molar-refractivity contribution in [3.63, 3.8) is 0 Å². The highest BCUT2D eigenvalue weighted by Gasteiger charge is 2.59. The molecular weight excluding hydrogens is 324 g/mol. The molecule has 2 aliphatic heterocycles. The second kappa shape index (κ2) is 6.02. The fraction of sp³-hybridized carbons (Fsp3) is 0.381. The van der Waals surface area contributed by atoms with E-state index in [4.69, 9.17) is 4.99 Å². The zero-order valence-electron chi connectivity index (χ0n) is 14.6. The number of aliphatic imine (C=N–C) groups is 1. The van der Waals surface area contributed by atoms with E-state index in [0.29, 0.717) is 11.8 Å². The molecule has 3 aliphatic rings. The quantitative estimate of drug-likeness (QED) is 0.927. The summed E-state index contributed by atoms with van der Waals surface area (Å²) in [5, 5.41) is 3.06. The van der Waals surface area contributed by atoms with Gasteiger partial charge >= 0.3 is 0 Å². The van der Waals surface area contributed by atoms with E-state index in [9.17, 15) is 4.79 Å². The molecule has 2 aromatic rings. The Morgan fingerprint density at radius 3 is 2.77 bits per heavy atom. The van der Waals surface area contributed by atoms with Crippen LogP contribution in [0, 0.1) is 11.8 Å². The third-order valence-electron chi connectivity index (χ3n) is 6.12. The maximum absolute atomic E-state index is 12.9. The van der Waals surface area contributed by atoms with Gasteiger partial charge in [-0.05, 0) is 30.9 Å². The molecule has 2 fully saturated rings. The van der Waals surface area contributed by atoms with Gasteiger partial charge in [-0.2, -0.15) is 0 Å². The van der Waals surface area contributed by atoms with E-state index in [2.05, 4.69) is 21.3 Å². The number of benzene rings is 1. The molecule has 0 unspecified atom stereocenters. The number of fused-ring (bicyclic) bond motifs is 2. The van der Waals surface area contributed by atoms with Gasteiger partial charge in [-0.25, -0.2) is 0 Å². The average molecular weight is 346 g/mol. The lowest BCUT2D eigenvalue weighted by Crippen LogP contribution is -2.44. The van der Waals surface area contributed by atoms with Crippen LogP contribution in [0.1, 0.15) is 24.1 Å². The topological polar surface area (TPSA) is 57.6 Å². The summed E-state index contributed by atoms with van der Waals surface area (Å²) in [6.07, 6.45) is 3.78. The smallest absolute Gasteiger partial charge is 0.253 e. The SMILES string of the molecule is O=C1NC(c2ccccc2)=N[C@]12CC[C@H]1CN(Cc3ccccn3)C[C@H]12. The minimum atomic E-state index is -0.575. The van der Waals surface area contributed by atoms with Gasteiger partial charge in [0.1, 0.15) is 11.4 Å². The van der Waals surface area contributed by atoms with E-state index < -0.39 is 5.54 Å². The first-order valence-corrected chi connectivity index (χ1v) is 9.34. The fourth-order valence-corrected chi connectivity index (χ4v) is 4.88. The number of likely N-dealkylation sites (tertiary alicyclic amines) is 1. The minimum absolute atomic E-state index is 0.0866. The lowest BCUT2D eigenvalue weighted by molar-refractivity contribution is -0.125. The first-order chi connectivity index (χ1) is 12.7. The van der Waals surface area contributed by atoms with Crippen molar-refractivity contribution < 1.29 is 4.79 Å². The Bertz CT molecular complexity index is 851. The van der Waals surface area contributed by atoms with E-state index in [-0.39, 0.29) is 5.91 Å². The molecule has 5 heteroatoms. The average Bonchev–Trinajstić information content (AvgIpc) is 3.33. The summed E-state index contributed by atoms with van der Waals surface area (Å²) in [5.41, 5.74) is 1.50. The first-order valence-electron chi connectivity index (χ1n) is 9.34. The highest BCUT2D eigenvalue weighted by atomic mass is 16.2. The highest BCUT2D eigenvalue weighted by molar-refractivity contribution is 6.15. The molecule has 3 atom stereocenters. The fourth-order valence-electron chi connectivity index (χ4n) is 4.88. The van der Waals surface area contributed by atoms with Crippen molar-refractivity contribution in [2.75, 3.05) is 13.1 Å². The van der Waals surface area contributed by atoms with Crippen LogP contribution in [-0.4, -0.2) is 40.3 Å². The Hall–Kier alpha value is -2.53. The Morgan fingerprint density at radius 2 is 1.96 bits per heavy atom. The summed E-state index contributed by atoms with van der Waals surface area (Å²) in [4.78, 5) is 24.8. The number of hydrogen-bond donors (Lipinski definition) is 1. The number of pyridine rings is 1. The number of aromatic nitrogens is 1. The second-order valence-corrected chi connectivity index (χ2v) is 7.63. The molecular formula is C21H22N4O. The monoisotopic (exact) mass is 346 g/mol. The molecule has 0 radical (unpaired) electrons. The van der Waals surface area contributed by atoms with Gasteiger partial charge in [0.2, 0.25) is 0 Å². The molecule has 1 spiro atoms. The predicted octanol–water partition coefficient (Wildman–Crippen LogP) is 2.24. The standard InChI is InChI=1S/C21H22N4O/c26-20-21(24-19(23-20)15-6-2-1-3-7-15)10-9-16-12-25(14-18(16)21)13-17-8-4-5-11-22-17/h1-8,11,16,18H,9-10,12-14H2,(H,23,24,26)/t16-,18+,21-/m0/s1. The van der Waals surface area contributed by atoms with Crippen LogP contribution in [-0.2, 0) is 11.3 Å². The molecule has 5 rings (SSSR count). The summed E-state index contributed by atoms with van der Waals surface area (Å²) in [7, 11) is 0. The van der Waals surface area contributed by atoms with Gasteiger partial charge in [-0.3, -0.25) is 19.7 Å². The largest absolute Gasteiger partial charge is 0.308 e. The van der Waals surface area contributed by atoms with E-state index in [1.807, 2.05) is 48.7 Å². The van der Waals surface area contributed by atoms with Crippen LogP contribution < -0.4 is 5.32 Å². The van der Waals surface area contributed by atoms with Crippen molar-refractivity contribution in [3.05, 3.63) is 66.0 Å². The van der Waals surface area contributed by atoms with E-state index in [1.165, 1.54) is 0 Å². The van der Waals surface area contributed by atoms with Crippen LogP contribution >= 0.6 is 0 Å². The molecule has 5 nitrogen and oxygen atoms in total. The number of nitrogens with zero attached hydrogens (tertiary/aromatic N) is 3. The van der Waals surface area contributed by atoms with Gasteiger partial charge in [0.05, 0.1) is 5.69 Å². The van der Waals surface area contributed by atoms with Crippen molar-refractivity contribution in [1.82, 2.24) is 15.2 Å². The van der Waals surface area contributed by atoms with Crippen LogP contribution in [0.5, 0.6) is 0 Å². The Morgan fingerprint density at radius 1 is 1.12 bits per heavy atom. The Balaban J connectivity index is 1.39. The van der Waals surface area contributed by atoms with E-state index in [0.717, 1.165) is 49.6 Å². The highest BCUT2D eigenvalue weighted by Crippen LogP contribution is 2.49. The molecule has 1 saturated carbocycles. The maximum atomic E-state index is 12.9. The molecule has 0 bridgehead atoms. The van der Waals surface area contributed by atoms with Gasteiger partial charge in [0.25, 0.3) is 5.91 Å². The van der Waals surface area contributed by atoms with Gasteiger partial charge in [-0.1, -0.05) is 36.4 Å². The van der Waals surface area contributed by atoms with Crippen LogP contribution in [0.15, 0.2) is 59.7 Å². The lowest BCUT2D eigenvalue weighted by atomic mass is 9.85. The second-order valence-electron chi connectivity index (χ2n) is 7.63. The van der Waals surface area contributed by atoms with Crippen molar-refractivity contribution in [2.24, 2.45) is 16.8 Å². The van der Waals surface area contributed by atoms with Crippen LogP contribution in [0.3, 0.4) is 0 Å². The van der Waals surface area contributed by atoms with Crippen LogP contribution in [0.25, 0.3) is 0 Å². The Kier molecular flexibility index (Phi) is 3.64. The van der Waals surface area contributed by atoms with Gasteiger partial charge in [0, 0.05) is 37.3 Å². The molecule has 3 heterocycles. The summed E-state index contributed by atoms with van der Waals surface area (Å²) >= 11 is 0. The molecule has 1 aromatic heterocycles. The summed E-state index contributed by atoms with van der Waals surface area (Å²) < 4.78 is 0. The summed E-state index contributed by atoms with van der Waals surface area (Å²) in [6, 6.07) is 16.0. The Labute approximate surface area is 153 Å². The molecule has 1 amide bonds. The van der Waals surface area contributed by atoms with Gasteiger partial charge in [-0.15, -0.1) is 0 Å². The van der Waals surface area contributed by atoms with Crippen molar-refractivity contribution in [2.45, 2.75) is 24.9 Å². The van der Waals surface area contributed by atoms with Gasteiger partial charge < -0.3 is 5.32 Å². The molecule has 26 heavy (non-hydrogen) atoms. The van der Waals surface area contributed by atoms with Crippen molar-refractivity contribution in [3.8, 4) is 0 Å². The predicted molar refractivity (Wildman–Crippen MR) is 99.6 cm³/mol. The van der Waals surface area contributed by atoms with E-state index >= 15 is 0 Å². The number of hydrogen-bond acceptors (Lipinski definition) is 4.